The van der Waals surface area contributed by atoms with Gasteiger partial charge in [-0.05, 0) is 31.4 Å². The Kier molecular flexibility index (Phi) is 5.19. The van der Waals surface area contributed by atoms with Crippen LogP contribution in [-0.4, -0.2) is 13.2 Å². The van der Waals surface area contributed by atoms with Crippen LogP contribution >= 0.6 is 0 Å². The third kappa shape index (κ3) is 4.44. The summed E-state index contributed by atoms with van der Waals surface area (Å²) in [6.07, 6.45) is 2.48. The highest BCUT2D eigenvalue weighted by molar-refractivity contribution is 5.35. The van der Waals surface area contributed by atoms with E-state index in [9.17, 15) is 4.39 Å². The molecule has 1 N–H and O–H groups in total. The second kappa shape index (κ2) is 6.91. The van der Waals surface area contributed by atoms with Gasteiger partial charge in [0.25, 0.3) is 0 Å². The van der Waals surface area contributed by atoms with Gasteiger partial charge in [0.1, 0.15) is 0 Å². The van der Waals surface area contributed by atoms with Gasteiger partial charge in [0.15, 0.2) is 11.6 Å². The minimum atomic E-state index is -0.327. The Labute approximate surface area is 126 Å². The maximum atomic E-state index is 14.0. The van der Waals surface area contributed by atoms with Crippen molar-refractivity contribution < 1.29 is 9.13 Å². The normalized spacial score (nSPS) is 15.8. The molecule has 1 saturated carbocycles. The minimum absolute atomic E-state index is 0.0420. The summed E-state index contributed by atoms with van der Waals surface area (Å²) < 4.78 is 19.7. The van der Waals surface area contributed by atoms with Gasteiger partial charge in [0.05, 0.1) is 12.7 Å². The van der Waals surface area contributed by atoms with Crippen LogP contribution < -0.4 is 10.1 Å². The topological polar surface area (TPSA) is 45.0 Å². The van der Waals surface area contributed by atoms with Gasteiger partial charge in [-0.2, -0.15) is 5.26 Å². The quantitative estimate of drug-likeness (QED) is 0.795. The summed E-state index contributed by atoms with van der Waals surface area (Å²) in [6, 6.07) is 7.21. The lowest BCUT2D eigenvalue weighted by Crippen LogP contribution is -2.20. The van der Waals surface area contributed by atoms with Crippen LogP contribution in [0.2, 0.25) is 0 Å². The second-order valence-electron chi connectivity index (χ2n) is 6.38. The maximum Gasteiger partial charge on any atom is 0.165 e. The van der Waals surface area contributed by atoms with Crippen LogP contribution in [0.15, 0.2) is 18.2 Å². The van der Waals surface area contributed by atoms with E-state index in [1.807, 2.05) is 6.07 Å². The summed E-state index contributed by atoms with van der Waals surface area (Å²) in [5.41, 5.74) is 0.794. The average molecular weight is 290 g/mol. The van der Waals surface area contributed by atoms with E-state index < -0.39 is 0 Å². The smallest absolute Gasteiger partial charge is 0.165 e. The molecule has 114 valence electrons. The summed E-state index contributed by atoms with van der Waals surface area (Å²) in [5, 5.41) is 12.1. The van der Waals surface area contributed by atoms with Crippen LogP contribution in [0.25, 0.3) is 0 Å². The summed E-state index contributed by atoms with van der Waals surface area (Å²) in [4.78, 5) is 0. The molecular weight excluding hydrogens is 267 g/mol. The molecule has 2 rings (SSSR count). The van der Waals surface area contributed by atoms with Crippen molar-refractivity contribution in [2.24, 2.45) is 11.3 Å². The Hall–Kier alpha value is -1.60. The van der Waals surface area contributed by atoms with E-state index in [4.69, 9.17) is 10.00 Å². The highest BCUT2D eigenvalue weighted by atomic mass is 19.1. The van der Waals surface area contributed by atoms with E-state index in [1.165, 1.54) is 6.07 Å². The number of para-hydroxylation sites is 1. The molecule has 1 aromatic rings. The van der Waals surface area contributed by atoms with Gasteiger partial charge < -0.3 is 10.1 Å². The summed E-state index contributed by atoms with van der Waals surface area (Å²) in [5.74, 6) is 0.554. The number of halogens is 1. The Balaban J connectivity index is 1.99. The van der Waals surface area contributed by atoms with Crippen LogP contribution in [0.3, 0.4) is 0 Å². The molecule has 4 heteroatoms. The number of rotatable bonds is 8. The summed E-state index contributed by atoms with van der Waals surface area (Å²) in [7, 11) is 0. The summed E-state index contributed by atoms with van der Waals surface area (Å²) >= 11 is 0. The molecule has 0 atom stereocenters. The van der Waals surface area contributed by atoms with Crippen molar-refractivity contribution in [1.29, 1.82) is 5.26 Å². The van der Waals surface area contributed by atoms with Gasteiger partial charge in [-0.15, -0.1) is 0 Å². The molecule has 1 aliphatic carbocycles. The van der Waals surface area contributed by atoms with E-state index in [0.717, 1.165) is 24.9 Å². The lowest BCUT2D eigenvalue weighted by Gasteiger charge is -2.17. The molecule has 0 radical (unpaired) electrons. The number of hydrogen-bond donors (Lipinski definition) is 1. The van der Waals surface area contributed by atoms with Gasteiger partial charge in [-0.25, -0.2) is 4.39 Å². The Morgan fingerprint density at radius 2 is 2.19 bits per heavy atom. The monoisotopic (exact) mass is 290 g/mol. The number of hydrogen-bond acceptors (Lipinski definition) is 3. The van der Waals surface area contributed by atoms with Crippen LogP contribution in [0.5, 0.6) is 5.75 Å². The van der Waals surface area contributed by atoms with E-state index in [-0.39, 0.29) is 11.2 Å². The largest absolute Gasteiger partial charge is 0.490 e. The zero-order valence-electron chi connectivity index (χ0n) is 12.8. The highest BCUT2D eigenvalue weighted by Crippen LogP contribution is 2.48. The van der Waals surface area contributed by atoms with E-state index >= 15 is 0 Å². The fraction of sp³-hybridized carbons (Fsp3) is 0.588. The third-order valence-electron chi connectivity index (χ3n) is 3.85. The van der Waals surface area contributed by atoms with Crippen LogP contribution in [0.1, 0.15) is 38.7 Å². The number of nitrogens with one attached hydrogen (secondary N) is 1. The van der Waals surface area contributed by atoms with Gasteiger partial charge >= 0.3 is 0 Å². The maximum absolute atomic E-state index is 14.0. The van der Waals surface area contributed by atoms with Crippen LogP contribution in [0, 0.1) is 28.5 Å². The lowest BCUT2D eigenvalue weighted by atomic mass is 10.1. The van der Waals surface area contributed by atoms with Crippen LogP contribution in [-0.2, 0) is 6.54 Å². The van der Waals surface area contributed by atoms with Crippen molar-refractivity contribution in [3.8, 4) is 11.8 Å². The first-order valence-electron chi connectivity index (χ1n) is 7.54. The number of ether oxygens (including phenoxy) is 1. The molecule has 0 heterocycles. The second-order valence-corrected chi connectivity index (χ2v) is 6.38. The molecule has 0 aromatic heterocycles. The third-order valence-corrected chi connectivity index (χ3v) is 3.85. The summed E-state index contributed by atoms with van der Waals surface area (Å²) in [6.45, 7) is 6.17. The zero-order valence-corrected chi connectivity index (χ0v) is 12.8. The molecular formula is C17H23FN2O. The number of nitrogens with zero attached hydrogens (tertiary/aromatic N) is 1. The van der Waals surface area contributed by atoms with E-state index in [2.05, 4.69) is 25.2 Å². The zero-order chi connectivity index (χ0) is 15.3. The molecule has 1 aliphatic rings. The fourth-order valence-corrected chi connectivity index (χ4v) is 2.29. The van der Waals surface area contributed by atoms with Gasteiger partial charge in [0, 0.05) is 23.9 Å². The Morgan fingerprint density at radius 3 is 2.81 bits per heavy atom. The molecule has 0 bridgehead atoms. The minimum Gasteiger partial charge on any atom is -0.490 e. The van der Waals surface area contributed by atoms with E-state index in [1.54, 1.807) is 6.07 Å². The predicted octanol–water partition coefficient (Wildman–Crippen LogP) is 3.64. The van der Waals surface area contributed by atoms with Crippen molar-refractivity contribution in [2.45, 2.75) is 39.7 Å². The highest BCUT2D eigenvalue weighted by Gasteiger charge is 2.43. The Bertz CT molecular complexity index is 518. The van der Waals surface area contributed by atoms with Gasteiger partial charge in [0.2, 0.25) is 0 Å². The predicted molar refractivity (Wildman–Crippen MR) is 80.3 cm³/mol. The number of nitriles is 1. The van der Waals surface area contributed by atoms with Crippen molar-refractivity contribution in [3.05, 3.63) is 29.6 Å². The molecule has 0 spiro atoms. The average Bonchev–Trinajstić information content (AvgIpc) is 3.18. The fourth-order valence-electron chi connectivity index (χ4n) is 2.29. The van der Waals surface area contributed by atoms with E-state index in [0.29, 0.717) is 31.2 Å². The van der Waals surface area contributed by atoms with Crippen molar-refractivity contribution >= 4 is 0 Å². The van der Waals surface area contributed by atoms with Gasteiger partial charge in [-0.1, -0.05) is 26.0 Å². The molecule has 0 aliphatic heterocycles. The van der Waals surface area contributed by atoms with Crippen molar-refractivity contribution in [2.75, 3.05) is 13.2 Å². The van der Waals surface area contributed by atoms with Crippen LogP contribution in [0.4, 0.5) is 4.39 Å². The van der Waals surface area contributed by atoms with Crippen molar-refractivity contribution in [1.82, 2.24) is 5.32 Å². The SMILES string of the molecule is CC(C)CNCc1cccc(F)c1OCC1(CC#N)CC1. The lowest BCUT2D eigenvalue weighted by molar-refractivity contribution is 0.225. The first-order valence-corrected chi connectivity index (χ1v) is 7.54. The molecule has 1 fully saturated rings. The standard InChI is InChI=1S/C17H23FN2O/c1-13(2)10-20-11-14-4-3-5-15(18)16(14)21-12-17(6-7-17)8-9-19/h3-5,13,20H,6-8,10-12H2,1-2H3. The Morgan fingerprint density at radius 1 is 1.43 bits per heavy atom. The molecule has 21 heavy (non-hydrogen) atoms. The number of benzene rings is 1. The molecule has 1 aromatic carbocycles. The van der Waals surface area contributed by atoms with Gasteiger partial charge in [-0.3, -0.25) is 0 Å². The molecule has 3 nitrogen and oxygen atoms in total. The molecule has 0 amide bonds. The molecule has 0 saturated heterocycles. The molecule has 0 unspecified atom stereocenters. The first kappa shape index (κ1) is 15.8. The first-order chi connectivity index (χ1) is 10.1. The van der Waals surface area contributed by atoms with Crippen molar-refractivity contribution in [3.63, 3.8) is 0 Å².